The molecule has 0 aliphatic carbocycles. The monoisotopic (exact) mass is 286 g/mol. The zero-order chi connectivity index (χ0) is 15.0. The molecule has 1 aromatic carbocycles. The highest BCUT2D eigenvalue weighted by Gasteiger charge is 2.35. The second-order valence-corrected chi connectivity index (χ2v) is 4.24. The molecule has 2 rings (SSSR count). The SMILES string of the molecule is CC1C(=O)NC(=O)CN1C(=O)c1ccc(F)c(F)c1F. The highest BCUT2D eigenvalue weighted by Crippen LogP contribution is 2.18. The Hall–Kier alpha value is -2.38. The van der Waals surface area contributed by atoms with Crippen molar-refractivity contribution in [2.45, 2.75) is 13.0 Å². The van der Waals surface area contributed by atoms with Crippen LogP contribution < -0.4 is 5.32 Å². The standard InChI is InChI=1S/C12H9F3N2O3/c1-5-11(19)16-8(18)4-17(5)12(20)6-2-3-7(13)10(15)9(6)14/h2-3,5H,4H2,1H3,(H,16,18,19). The molecule has 0 saturated carbocycles. The summed E-state index contributed by atoms with van der Waals surface area (Å²) < 4.78 is 39.5. The Kier molecular flexibility index (Phi) is 3.47. The van der Waals surface area contributed by atoms with Crippen LogP contribution in [0.4, 0.5) is 13.2 Å². The van der Waals surface area contributed by atoms with Crippen LogP contribution in [0.5, 0.6) is 0 Å². The van der Waals surface area contributed by atoms with Gasteiger partial charge in [-0.3, -0.25) is 19.7 Å². The van der Waals surface area contributed by atoms with Gasteiger partial charge in [-0.1, -0.05) is 0 Å². The predicted molar refractivity (Wildman–Crippen MR) is 60.0 cm³/mol. The molecule has 1 N–H and O–H groups in total. The van der Waals surface area contributed by atoms with E-state index in [1.807, 2.05) is 5.32 Å². The van der Waals surface area contributed by atoms with Gasteiger partial charge in [-0.05, 0) is 19.1 Å². The van der Waals surface area contributed by atoms with Crippen molar-refractivity contribution in [2.24, 2.45) is 0 Å². The molecular formula is C12H9F3N2O3. The number of nitrogens with zero attached hydrogens (tertiary/aromatic N) is 1. The molecule has 20 heavy (non-hydrogen) atoms. The number of carbonyl (C=O) groups excluding carboxylic acids is 3. The number of carbonyl (C=O) groups is 3. The molecule has 1 saturated heterocycles. The largest absolute Gasteiger partial charge is 0.317 e. The van der Waals surface area contributed by atoms with E-state index in [-0.39, 0.29) is 0 Å². The van der Waals surface area contributed by atoms with E-state index in [1.165, 1.54) is 6.92 Å². The van der Waals surface area contributed by atoms with Gasteiger partial charge in [-0.25, -0.2) is 13.2 Å². The van der Waals surface area contributed by atoms with Crippen molar-refractivity contribution in [1.82, 2.24) is 10.2 Å². The van der Waals surface area contributed by atoms with E-state index >= 15 is 0 Å². The van der Waals surface area contributed by atoms with Crippen molar-refractivity contribution in [2.75, 3.05) is 6.54 Å². The fourth-order valence-electron chi connectivity index (χ4n) is 1.81. The number of hydrogen-bond donors (Lipinski definition) is 1. The maximum atomic E-state index is 13.5. The summed E-state index contributed by atoms with van der Waals surface area (Å²) >= 11 is 0. The Morgan fingerprint density at radius 3 is 2.55 bits per heavy atom. The zero-order valence-electron chi connectivity index (χ0n) is 10.2. The van der Waals surface area contributed by atoms with E-state index in [2.05, 4.69) is 0 Å². The van der Waals surface area contributed by atoms with E-state index < -0.39 is 53.3 Å². The number of imide groups is 1. The molecule has 0 bridgehead atoms. The Morgan fingerprint density at radius 2 is 1.90 bits per heavy atom. The summed E-state index contributed by atoms with van der Waals surface area (Å²) in [5.41, 5.74) is -0.738. The van der Waals surface area contributed by atoms with Crippen molar-refractivity contribution >= 4 is 17.7 Å². The first-order valence-corrected chi connectivity index (χ1v) is 5.61. The third-order valence-electron chi connectivity index (χ3n) is 2.95. The van der Waals surface area contributed by atoms with Gasteiger partial charge in [0.2, 0.25) is 11.8 Å². The summed E-state index contributed by atoms with van der Waals surface area (Å²) in [6, 6.07) is 0.342. The van der Waals surface area contributed by atoms with Crippen LogP contribution in [-0.4, -0.2) is 35.2 Å². The number of halogens is 3. The molecule has 5 nitrogen and oxygen atoms in total. The Balaban J connectivity index is 2.38. The van der Waals surface area contributed by atoms with Gasteiger partial charge in [0.15, 0.2) is 17.5 Å². The maximum absolute atomic E-state index is 13.5. The van der Waals surface area contributed by atoms with E-state index in [4.69, 9.17) is 0 Å². The Labute approximate surface area is 111 Å². The third kappa shape index (κ3) is 2.24. The molecular weight excluding hydrogens is 277 g/mol. The van der Waals surface area contributed by atoms with Crippen molar-refractivity contribution in [3.05, 3.63) is 35.1 Å². The normalized spacial score (nSPS) is 19.0. The lowest BCUT2D eigenvalue weighted by molar-refractivity contribution is -0.138. The van der Waals surface area contributed by atoms with Gasteiger partial charge in [0.1, 0.15) is 12.6 Å². The van der Waals surface area contributed by atoms with Crippen molar-refractivity contribution < 1.29 is 27.6 Å². The van der Waals surface area contributed by atoms with E-state index in [0.717, 1.165) is 11.0 Å². The minimum Gasteiger partial charge on any atom is -0.317 e. The minimum atomic E-state index is -1.78. The van der Waals surface area contributed by atoms with Crippen LogP contribution in [0.25, 0.3) is 0 Å². The van der Waals surface area contributed by atoms with E-state index in [9.17, 15) is 27.6 Å². The number of benzene rings is 1. The molecule has 1 atom stereocenters. The van der Waals surface area contributed by atoms with Crippen molar-refractivity contribution in [1.29, 1.82) is 0 Å². The van der Waals surface area contributed by atoms with Crippen LogP contribution in [0, 0.1) is 17.5 Å². The summed E-state index contributed by atoms with van der Waals surface area (Å²) in [4.78, 5) is 35.5. The molecule has 3 amide bonds. The van der Waals surface area contributed by atoms with Crippen LogP contribution in [0.2, 0.25) is 0 Å². The van der Waals surface area contributed by atoms with Gasteiger partial charge in [0, 0.05) is 0 Å². The molecule has 1 aromatic rings. The number of piperazine rings is 1. The first-order valence-electron chi connectivity index (χ1n) is 5.61. The summed E-state index contributed by atoms with van der Waals surface area (Å²) in [6.45, 7) is 0.863. The van der Waals surface area contributed by atoms with Crippen LogP contribution in [0.1, 0.15) is 17.3 Å². The van der Waals surface area contributed by atoms with Crippen LogP contribution in [-0.2, 0) is 9.59 Å². The molecule has 1 aliphatic rings. The topological polar surface area (TPSA) is 66.5 Å². The van der Waals surface area contributed by atoms with Crippen molar-refractivity contribution in [3.63, 3.8) is 0 Å². The summed E-state index contributed by atoms with van der Waals surface area (Å²) in [5, 5.41) is 2.00. The van der Waals surface area contributed by atoms with Gasteiger partial charge in [-0.2, -0.15) is 0 Å². The predicted octanol–water partition coefficient (Wildman–Crippen LogP) is 0.591. The van der Waals surface area contributed by atoms with Gasteiger partial charge >= 0.3 is 0 Å². The minimum absolute atomic E-state index is 0.468. The molecule has 1 heterocycles. The highest BCUT2D eigenvalue weighted by atomic mass is 19.2. The summed E-state index contributed by atoms with van der Waals surface area (Å²) in [5.74, 6) is -7.38. The molecule has 1 aliphatic heterocycles. The lowest BCUT2D eigenvalue weighted by Crippen LogP contribution is -2.58. The summed E-state index contributed by atoms with van der Waals surface area (Å²) in [7, 11) is 0. The number of nitrogens with one attached hydrogen (secondary N) is 1. The lowest BCUT2D eigenvalue weighted by atomic mass is 10.1. The molecule has 0 radical (unpaired) electrons. The lowest BCUT2D eigenvalue weighted by Gasteiger charge is -2.31. The highest BCUT2D eigenvalue weighted by molar-refractivity contribution is 6.07. The molecule has 1 fully saturated rings. The molecule has 0 spiro atoms. The number of amides is 3. The number of hydrogen-bond acceptors (Lipinski definition) is 3. The molecule has 106 valence electrons. The van der Waals surface area contributed by atoms with Gasteiger partial charge < -0.3 is 4.90 Å². The van der Waals surface area contributed by atoms with Crippen LogP contribution in [0.15, 0.2) is 12.1 Å². The average molecular weight is 286 g/mol. The maximum Gasteiger partial charge on any atom is 0.258 e. The number of rotatable bonds is 1. The fourth-order valence-corrected chi connectivity index (χ4v) is 1.81. The van der Waals surface area contributed by atoms with E-state index in [0.29, 0.717) is 6.07 Å². The quantitative estimate of drug-likeness (QED) is 0.607. The smallest absolute Gasteiger partial charge is 0.258 e. The molecule has 8 heteroatoms. The summed E-state index contributed by atoms with van der Waals surface area (Å²) in [6.07, 6.45) is 0. The van der Waals surface area contributed by atoms with Crippen molar-refractivity contribution in [3.8, 4) is 0 Å². The van der Waals surface area contributed by atoms with E-state index in [1.54, 1.807) is 0 Å². The van der Waals surface area contributed by atoms with Gasteiger partial charge in [0.25, 0.3) is 5.91 Å². The van der Waals surface area contributed by atoms with Crippen LogP contribution >= 0.6 is 0 Å². The second kappa shape index (κ2) is 4.95. The molecule has 1 unspecified atom stereocenters. The Morgan fingerprint density at radius 1 is 1.25 bits per heavy atom. The van der Waals surface area contributed by atoms with Gasteiger partial charge in [-0.15, -0.1) is 0 Å². The zero-order valence-corrected chi connectivity index (χ0v) is 10.2. The second-order valence-electron chi connectivity index (χ2n) is 4.24. The average Bonchev–Trinajstić information content (AvgIpc) is 2.39. The van der Waals surface area contributed by atoms with Crippen LogP contribution in [0.3, 0.4) is 0 Å². The van der Waals surface area contributed by atoms with Gasteiger partial charge in [0.05, 0.1) is 5.56 Å². The first-order chi connectivity index (χ1) is 9.32. The fraction of sp³-hybridized carbons (Fsp3) is 0.250. The third-order valence-corrected chi connectivity index (χ3v) is 2.95. The Bertz CT molecular complexity index is 618. The first kappa shape index (κ1) is 14.0. The molecule has 0 aromatic heterocycles.